The van der Waals surface area contributed by atoms with Gasteiger partial charge < -0.3 is 0 Å². The summed E-state index contributed by atoms with van der Waals surface area (Å²) >= 11 is 6.35. The molecular weight excluding hydrogens is 320 g/mol. The van der Waals surface area contributed by atoms with Gasteiger partial charge in [-0.05, 0) is 44.0 Å². The summed E-state index contributed by atoms with van der Waals surface area (Å²) in [4.78, 5) is 3.81. The highest BCUT2D eigenvalue weighted by Gasteiger charge is 2.12. The van der Waals surface area contributed by atoms with Gasteiger partial charge in [-0.25, -0.2) is 8.78 Å². The Morgan fingerprint density at radius 1 is 1.07 bits per heavy atom. The molecule has 1 heterocycles. The molecule has 14 heavy (non-hydrogen) atoms. The molecule has 0 radical (unpaired) electrons. The van der Waals surface area contributed by atoms with Crippen LogP contribution in [-0.4, -0.2) is 4.98 Å². The van der Waals surface area contributed by atoms with E-state index in [-0.39, 0.29) is 10.9 Å². The molecule has 0 N–H and O–H groups in total. The number of pyridine rings is 1. The summed E-state index contributed by atoms with van der Waals surface area (Å²) in [6, 6.07) is 2.14. The van der Waals surface area contributed by atoms with Gasteiger partial charge in [0.25, 0.3) is 0 Å². The molecule has 1 aromatic carbocycles. The summed E-state index contributed by atoms with van der Waals surface area (Å²) in [7, 11) is 0. The lowest BCUT2D eigenvalue weighted by Crippen LogP contribution is -1.89. The van der Waals surface area contributed by atoms with Gasteiger partial charge in [0.1, 0.15) is 17.2 Å². The van der Waals surface area contributed by atoms with Gasteiger partial charge in [0.2, 0.25) is 0 Å². The highest BCUT2D eigenvalue weighted by Crippen LogP contribution is 2.32. The zero-order valence-corrected chi connectivity index (χ0v) is 9.86. The zero-order chi connectivity index (χ0) is 10.3. The van der Waals surface area contributed by atoms with E-state index < -0.39 is 11.6 Å². The summed E-state index contributed by atoms with van der Waals surface area (Å²) < 4.78 is 27.6. The van der Waals surface area contributed by atoms with Crippen molar-refractivity contribution in [2.24, 2.45) is 0 Å². The molecule has 0 unspecified atom stereocenters. The number of aromatic nitrogens is 1. The maximum atomic E-state index is 13.3. The molecule has 0 amide bonds. The Balaban J connectivity index is 3.01. The van der Waals surface area contributed by atoms with Gasteiger partial charge in [-0.3, -0.25) is 4.98 Å². The van der Waals surface area contributed by atoms with Crippen molar-refractivity contribution in [3.63, 3.8) is 0 Å². The smallest absolute Gasteiger partial charge is 0.149 e. The molecule has 72 valence electrons. The molecule has 0 aliphatic carbocycles. The maximum Gasteiger partial charge on any atom is 0.149 e. The van der Waals surface area contributed by atoms with Crippen LogP contribution in [0.2, 0.25) is 0 Å². The van der Waals surface area contributed by atoms with Crippen molar-refractivity contribution in [1.29, 1.82) is 0 Å². The van der Waals surface area contributed by atoms with Crippen LogP contribution in [0, 0.1) is 11.6 Å². The first-order chi connectivity index (χ1) is 6.61. The van der Waals surface area contributed by atoms with Crippen molar-refractivity contribution >= 4 is 42.8 Å². The largest absolute Gasteiger partial charge is 0.252 e. The van der Waals surface area contributed by atoms with Crippen LogP contribution in [-0.2, 0) is 0 Å². The molecule has 2 aromatic rings. The zero-order valence-electron chi connectivity index (χ0n) is 6.69. The Kier molecular flexibility index (Phi) is 2.53. The third-order valence-corrected chi connectivity index (χ3v) is 3.77. The number of halogens is 4. The lowest BCUT2D eigenvalue weighted by atomic mass is 10.2. The molecule has 0 fully saturated rings. The van der Waals surface area contributed by atoms with E-state index in [9.17, 15) is 8.78 Å². The lowest BCUT2D eigenvalue weighted by molar-refractivity contribution is 0.615. The van der Waals surface area contributed by atoms with Crippen LogP contribution in [0.3, 0.4) is 0 Å². The van der Waals surface area contributed by atoms with Crippen LogP contribution in [0.5, 0.6) is 0 Å². The molecular formula is C9H3Br2F2N. The van der Waals surface area contributed by atoms with Gasteiger partial charge in [-0.1, -0.05) is 0 Å². The monoisotopic (exact) mass is 321 g/mol. The van der Waals surface area contributed by atoms with Crippen LogP contribution < -0.4 is 0 Å². The Hall–Kier alpha value is -0.550. The van der Waals surface area contributed by atoms with Gasteiger partial charge in [-0.15, -0.1) is 0 Å². The lowest BCUT2D eigenvalue weighted by Gasteiger charge is -2.03. The van der Waals surface area contributed by atoms with Crippen LogP contribution >= 0.6 is 31.9 Å². The molecule has 0 aliphatic rings. The second kappa shape index (κ2) is 3.55. The van der Waals surface area contributed by atoms with Gasteiger partial charge in [0.15, 0.2) is 0 Å². The molecule has 5 heteroatoms. The number of hydrogen-bond acceptors (Lipinski definition) is 1. The molecule has 1 aromatic heterocycles. The van der Waals surface area contributed by atoms with E-state index >= 15 is 0 Å². The van der Waals surface area contributed by atoms with Gasteiger partial charge in [0.05, 0.1) is 9.86 Å². The Morgan fingerprint density at radius 3 is 2.43 bits per heavy atom. The Labute approximate surface area is 95.4 Å². The minimum atomic E-state index is -0.533. The van der Waals surface area contributed by atoms with Gasteiger partial charge >= 0.3 is 0 Å². The molecule has 0 aliphatic heterocycles. The standard InChI is InChI=1S/C9H3Br2F2N/c10-4-3-14-9-6(13)2-1-5(12)7(9)8(4)11/h1-3H. The average molecular weight is 323 g/mol. The summed E-state index contributed by atoms with van der Waals surface area (Å²) in [5.41, 5.74) is 0.0278. The van der Waals surface area contributed by atoms with Crippen molar-refractivity contribution < 1.29 is 8.78 Å². The van der Waals surface area contributed by atoms with Gasteiger partial charge in [-0.2, -0.15) is 0 Å². The van der Waals surface area contributed by atoms with Crippen molar-refractivity contribution in [2.45, 2.75) is 0 Å². The predicted molar refractivity (Wildman–Crippen MR) is 57.1 cm³/mol. The maximum absolute atomic E-state index is 13.3. The first-order valence-electron chi connectivity index (χ1n) is 3.69. The molecule has 0 spiro atoms. The first kappa shape index (κ1) is 9.98. The Morgan fingerprint density at radius 2 is 1.71 bits per heavy atom. The van der Waals surface area contributed by atoms with Crippen molar-refractivity contribution in [3.05, 3.63) is 38.9 Å². The van der Waals surface area contributed by atoms with Crippen molar-refractivity contribution in [1.82, 2.24) is 4.98 Å². The quantitative estimate of drug-likeness (QED) is 0.713. The molecule has 0 saturated carbocycles. The first-order valence-corrected chi connectivity index (χ1v) is 5.27. The average Bonchev–Trinajstić information content (AvgIpc) is 2.16. The highest BCUT2D eigenvalue weighted by atomic mass is 79.9. The van der Waals surface area contributed by atoms with Crippen molar-refractivity contribution in [3.8, 4) is 0 Å². The van der Waals surface area contributed by atoms with Crippen LogP contribution in [0.25, 0.3) is 10.9 Å². The van der Waals surface area contributed by atoms with Crippen molar-refractivity contribution in [2.75, 3.05) is 0 Å². The summed E-state index contributed by atoms with van der Waals surface area (Å²) in [5, 5.41) is 0.152. The highest BCUT2D eigenvalue weighted by molar-refractivity contribution is 9.13. The predicted octanol–water partition coefficient (Wildman–Crippen LogP) is 4.04. The summed E-state index contributed by atoms with van der Waals surface area (Å²) in [6.45, 7) is 0. The third-order valence-electron chi connectivity index (χ3n) is 1.81. The van der Waals surface area contributed by atoms with E-state index in [4.69, 9.17) is 0 Å². The van der Waals surface area contributed by atoms with Crippen LogP contribution in [0.15, 0.2) is 27.3 Å². The Bertz CT molecular complexity index is 514. The minimum Gasteiger partial charge on any atom is -0.252 e. The van der Waals surface area contributed by atoms with E-state index in [0.29, 0.717) is 8.95 Å². The minimum absolute atomic E-state index is 0.0278. The molecule has 0 saturated heterocycles. The van der Waals surface area contributed by atoms with E-state index in [2.05, 4.69) is 36.8 Å². The normalized spacial score (nSPS) is 10.9. The van der Waals surface area contributed by atoms with E-state index in [1.165, 1.54) is 6.20 Å². The fourth-order valence-corrected chi connectivity index (χ4v) is 1.95. The number of fused-ring (bicyclic) bond motifs is 1. The molecule has 0 bridgehead atoms. The SMILES string of the molecule is Fc1ccc(F)c2c(Br)c(Br)cnc12. The van der Waals surface area contributed by atoms with E-state index in [1.807, 2.05) is 0 Å². The van der Waals surface area contributed by atoms with Crippen LogP contribution in [0.4, 0.5) is 8.78 Å². The fourth-order valence-electron chi connectivity index (χ4n) is 1.17. The van der Waals surface area contributed by atoms with Crippen LogP contribution in [0.1, 0.15) is 0 Å². The van der Waals surface area contributed by atoms with E-state index in [1.54, 1.807) is 0 Å². The summed E-state index contributed by atoms with van der Waals surface area (Å²) in [6.07, 6.45) is 1.43. The number of rotatable bonds is 0. The van der Waals surface area contributed by atoms with E-state index in [0.717, 1.165) is 12.1 Å². The third kappa shape index (κ3) is 1.44. The second-order valence-electron chi connectivity index (χ2n) is 2.67. The summed E-state index contributed by atoms with van der Waals surface area (Å²) in [5.74, 6) is -1.03. The number of benzene rings is 1. The fraction of sp³-hybridized carbons (Fsp3) is 0. The molecule has 2 rings (SSSR count). The molecule has 0 atom stereocenters. The van der Waals surface area contributed by atoms with Gasteiger partial charge in [0, 0.05) is 10.7 Å². The molecule has 1 nitrogen and oxygen atoms in total. The number of nitrogens with zero attached hydrogens (tertiary/aromatic N) is 1. The second-order valence-corrected chi connectivity index (χ2v) is 4.32. The number of hydrogen-bond donors (Lipinski definition) is 0. The topological polar surface area (TPSA) is 12.9 Å².